The van der Waals surface area contributed by atoms with E-state index in [0.717, 1.165) is 0 Å². The first-order valence-electron chi connectivity index (χ1n) is 6.22. The predicted molar refractivity (Wildman–Crippen MR) is 68.3 cm³/mol. The lowest BCUT2D eigenvalue weighted by Gasteiger charge is -2.01. The maximum Gasteiger partial charge on any atom is 0.229 e. The number of aliphatic hydroxyl groups excluding tert-OH is 1. The van der Waals surface area contributed by atoms with Crippen molar-refractivity contribution in [2.24, 2.45) is 0 Å². The van der Waals surface area contributed by atoms with Crippen LogP contribution in [0.15, 0.2) is 28.8 Å². The zero-order valence-electron chi connectivity index (χ0n) is 10.8. The van der Waals surface area contributed by atoms with Crippen LogP contribution in [0, 0.1) is 6.92 Å². The summed E-state index contributed by atoms with van der Waals surface area (Å²) >= 11 is 0. The molecule has 0 saturated carbocycles. The highest BCUT2D eigenvalue weighted by Crippen LogP contribution is 2.10. The number of rotatable bonds is 5. The molecule has 1 heterocycles. The molecular weight excluding hydrogens is 228 g/mol. The van der Waals surface area contributed by atoms with Gasteiger partial charge in [-0.3, -0.25) is 0 Å². The van der Waals surface area contributed by atoms with Gasteiger partial charge in [-0.15, -0.1) is 0 Å². The van der Waals surface area contributed by atoms with Gasteiger partial charge < -0.3 is 9.63 Å². The normalized spacial score (nSPS) is 12.6. The van der Waals surface area contributed by atoms with Gasteiger partial charge in [-0.2, -0.15) is 4.98 Å². The molecule has 0 saturated heterocycles. The fourth-order valence-electron chi connectivity index (χ4n) is 1.80. The summed E-state index contributed by atoms with van der Waals surface area (Å²) in [6, 6.07) is 8.23. The molecule has 1 N–H and O–H groups in total. The monoisotopic (exact) mass is 246 g/mol. The van der Waals surface area contributed by atoms with E-state index in [1.165, 1.54) is 11.1 Å². The van der Waals surface area contributed by atoms with Crippen LogP contribution in [0.2, 0.25) is 0 Å². The van der Waals surface area contributed by atoms with Crippen LogP contribution in [-0.4, -0.2) is 21.4 Å². The third-order valence-electron chi connectivity index (χ3n) is 2.84. The quantitative estimate of drug-likeness (QED) is 0.879. The Morgan fingerprint density at radius 1 is 1.39 bits per heavy atom. The van der Waals surface area contributed by atoms with Gasteiger partial charge >= 0.3 is 0 Å². The van der Waals surface area contributed by atoms with Gasteiger partial charge in [0.2, 0.25) is 5.89 Å². The Hall–Kier alpha value is -1.68. The molecule has 0 aliphatic carbocycles. The van der Waals surface area contributed by atoms with Crippen LogP contribution in [0.1, 0.15) is 36.2 Å². The average molecular weight is 246 g/mol. The van der Waals surface area contributed by atoms with Crippen molar-refractivity contribution in [3.63, 3.8) is 0 Å². The summed E-state index contributed by atoms with van der Waals surface area (Å²) in [5.41, 5.74) is 2.39. The summed E-state index contributed by atoms with van der Waals surface area (Å²) in [7, 11) is 0. The fraction of sp³-hybridized carbons (Fsp3) is 0.429. The van der Waals surface area contributed by atoms with Gasteiger partial charge in [-0.25, -0.2) is 0 Å². The molecule has 2 aromatic rings. The molecule has 1 unspecified atom stereocenters. The summed E-state index contributed by atoms with van der Waals surface area (Å²) in [5, 5.41) is 13.5. The summed E-state index contributed by atoms with van der Waals surface area (Å²) < 4.78 is 5.12. The fourth-order valence-corrected chi connectivity index (χ4v) is 1.80. The molecule has 4 heteroatoms. The van der Waals surface area contributed by atoms with Gasteiger partial charge in [0.05, 0.1) is 12.5 Å². The number of aliphatic hydroxyl groups is 1. The molecule has 2 rings (SSSR count). The Morgan fingerprint density at radius 2 is 2.22 bits per heavy atom. The maximum atomic E-state index is 9.52. The SMILES string of the molecule is CCC(O)Cc1nc(Cc2cccc(C)c2)no1. The molecule has 96 valence electrons. The Labute approximate surface area is 107 Å². The highest BCUT2D eigenvalue weighted by molar-refractivity contribution is 5.24. The van der Waals surface area contributed by atoms with Gasteiger partial charge in [-0.1, -0.05) is 41.9 Å². The van der Waals surface area contributed by atoms with Gasteiger partial charge in [0.15, 0.2) is 5.82 Å². The second-order valence-corrected chi connectivity index (χ2v) is 4.54. The molecule has 0 bridgehead atoms. The molecule has 0 aliphatic heterocycles. The molecule has 1 aromatic carbocycles. The molecule has 0 radical (unpaired) electrons. The predicted octanol–water partition coefficient (Wildman–Crippen LogP) is 2.28. The van der Waals surface area contributed by atoms with E-state index in [2.05, 4.69) is 29.2 Å². The zero-order chi connectivity index (χ0) is 13.0. The van der Waals surface area contributed by atoms with Crippen molar-refractivity contribution < 1.29 is 9.63 Å². The van der Waals surface area contributed by atoms with Crippen LogP contribution < -0.4 is 0 Å². The van der Waals surface area contributed by atoms with Crippen molar-refractivity contribution in [3.8, 4) is 0 Å². The lowest BCUT2D eigenvalue weighted by atomic mass is 10.1. The van der Waals surface area contributed by atoms with Crippen LogP contribution in [0.5, 0.6) is 0 Å². The summed E-state index contributed by atoms with van der Waals surface area (Å²) in [4.78, 5) is 4.29. The van der Waals surface area contributed by atoms with Crippen molar-refractivity contribution in [2.45, 2.75) is 39.2 Å². The van der Waals surface area contributed by atoms with Crippen molar-refractivity contribution in [1.29, 1.82) is 0 Å². The third kappa shape index (κ3) is 3.40. The van der Waals surface area contributed by atoms with Crippen molar-refractivity contribution >= 4 is 0 Å². The largest absolute Gasteiger partial charge is 0.393 e. The third-order valence-corrected chi connectivity index (χ3v) is 2.84. The van der Waals surface area contributed by atoms with Crippen molar-refractivity contribution in [2.75, 3.05) is 0 Å². The standard InChI is InChI=1S/C14H18N2O2/c1-3-12(17)9-14-15-13(16-18-14)8-11-6-4-5-10(2)7-11/h4-7,12,17H,3,8-9H2,1-2H3. The Bertz CT molecular complexity index is 508. The van der Waals surface area contributed by atoms with Crippen LogP contribution in [-0.2, 0) is 12.8 Å². The summed E-state index contributed by atoms with van der Waals surface area (Å²) in [6.07, 6.45) is 1.37. The zero-order valence-corrected chi connectivity index (χ0v) is 10.8. The van der Waals surface area contributed by atoms with Crippen LogP contribution in [0.4, 0.5) is 0 Å². The molecule has 18 heavy (non-hydrogen) atoms. The first kappa shape index (κ1) is 12.8. The minimum Gasteiger partial charge on any atom is -0.393 e. The van der Waals surface area contributed by atoms with E-state index in [0.29, 0.717) is 31.0 Å². The molecule has 0 amide bonds. The summed E-state index contributed by atoms with van der Waals surface area (Å²) in [6.45, 7) is 3.98. The highest BCUT2D eigenvalue weighted by Gasteiger charge is 2.11. The molecule has 4 nitrogen and oxygen atoms in total. The molecular formula is C14H18N2O2. The van der Waals surface area contributed by atoms with Gasteiger partial charge in [0.1, 0.15) is 0 Å². The number of benzene rings is 1. The van der Waals surface area contributed by atoms with E-state index in [9.17, 15) is 5.11 Å². The number of aryl methyl sites for hydroxylation is 1. The molecule has 1 atom stereocenters. The minimum absolute atomic E-state index is 0.405. The summed E-state index contributed by atoms with van der Waals surface area (Å²) in [5.74, 6) is 1.17. The Kier molecular flexibility index (Phi) is 4.10. The molecule has 1 aromatic heterocycles. The maximum absolute atomic E-state index is 9.52. The van der Waals surface area contributed by atoms with Crippen LogP contribution in [0.25, 0.3) is 0 Å². The topological polar surface area (TPSA) is 59.2 Å². The second-order valence-electron chi connectivity index (χ2n) is 4.54. The molecule has 0 fully saturated rings. The number of nitrogens with zero attached hydrogens (tertiary/aromatic N) is 2. The Morgan fingerprint density at radius 3 is 2.94 bits per heavy atom. The number of aromatic nitrogens is 2. The number of hydrogen-bond donors (Lipinski definition) is 1. The van der Waals surface area contributed by atoms with E-state index < -0.39 is 6.10 Å². The first-order valence-corrected chi connectivity index (χ1v) is 6.22. The first-order chi connectivity index (χ1) is 8.67. The minimum atomic E-state index is -0.405. The van der Waals surface area contributed by atoms with Crippen molar-refractivity contribution in [3.05, 3.63) is 47.1 Å². The smallest absolute Gasteiger partial charge is 0.229 e. The van der Waals surface area contributed by atoms with E-state index in [-0.39, 0.29) is 0 Å². The lowest BCUT2D eigenvalue weighted by Crippen LogP contribution is -2.08. The second kappa shape index (κ2) is 5.78. The van der Waals surface area contributed by atoms with E-state index in [1.807, 2.05) is 19.1 Å². The van der Waals surface area contributed by atoms with Gasteiger partial charge in [-0.05, 0) is 18.9 Å². The average Bonchev–Trinajstić information content (AvgIpc) is 2.76. The van der Waals surface area contributed by atoms with Crippen LogP contribution in [0.3, 0.4) is 0 Å². The van der Waals surface area contributed by atoms with Gasteiger partial charge in [0, 0.05) is 6.42 Å². The highest BCUT2D eigenvalue weighted by atomic mass is 16.5. The lowest BCUT2D eigenvalue weighted by molar-refractivity contribution is 0.158. The van der Waals surface area contributed by atoms with Crippen LogP contribution >= 0.6 is 0 Å². The van der Waals surface area contributed by atoms with Crippen molar-refractivity contribution in [1.82, 2.24) is 10.1 Å². The molecule has 0 aliphatic rings. The van der Waals surface area contributed by atoms with Gasteiger partial charge in [0.25, 0.3) is 0 Å². The van der Waals surface area contributed by atoms with E-state index >= 15 is 0 Å². The van der Waals surface area contributed by atoms with E-state index in [1.54, 1.807) is 0 Å². The Balaban J connectivity index is 2.02. The molecule has 0 spiro atoms. The number of hydrogen-bond acceptors (Lipinski definition) is 4. The van der Waals surface area contributed by atoms with E-state index in [4.69, 9.17) is 4.52 Å².